The highest BCUT2D eigenvalue weighted by Gasteiger charge is 2.28. The van der Waals surface area contributed by atoms with Crippen molar-refractivity contribution in [3.63, 3.8) is 0 Å². The fourth-order valence-electron chi connectivity index (χ4n) is 2.54. The number of benzene rings is 1. The molecule has 2 rings (SSSR count). The summed E-state index contributed by atoms with van der Waals surface area (Å²) in [4.78, 5) is 14.4. The van der Waals surface area contributed by atoms with Gasteiger partial charge in [-0.25, -0.2) is 0 Å². The normalized spacial score (nSPS) is 18.2. The lowest BCUT2D eigenvalue weighted by Gasteiger charge is -2.37. The molecule has 0 bridgehead atoms. The number of thioether (sulfide) groups is 1. The van der Waals surface area contributed by atoms with E-state index in [1.54, 1.807) is 11.8 Å². The predicted molar refractivity (Wildman–Crippen MR) is 93.6 cm³/mol. The number of amides is 1. The van der Waals surface area contributed by atoms with Gasteiger partial charge in [-0.15, -0.1) is 12.4 Å². The van der Waals surface area contributed by atoms with Crippen molar-refractivity contribution in [1.29, 1.82) is 0 Å². The van der Waals surface area contributed by atoms with E-state index >= 15 is 0 Å². The van der Waals surface area contributed by atoms with Crippen LogP contribution in [0.1, 0.15) is 24.4 Å². The van der Waals surface area contributed by atoms with Crippen LogP contribution in [0, 0.1) is 0 Å². The maximum absolute atomic E-state index is 12.4. The Kier molecular flexibility index (Phi) is 8.49. The summed E-state index contributed by atoms with van der Waals surface area (Å²) in [6.07, 6.45) is 3.64. The van der Waals surface area contributed by atoms with Gasteiger partial charge in [0, 0.05) is 31.1 Å². The molecule has 1 fully saturated rings. The van der Waals surface area contributed by atoms with Gasteiger partial charge in [0.2, 0.25) is 5.91 Å². The van der Waals surface area contributed by atoms with E-state index in [0.29, 0.717) is 6.42 Å². The molecule has 1 atom stereocenters. The van der Waals surface area contributed by atoms with E-state index in [1.165, 1.54) is 0 Å². The van der Waals surface area contributed by atoms with Crippen molar-refractivity contribution in [2.75, 3.05) is 31.6 Å². The summed E-state index contributed by atoms with van der Waals surface area (Å²) in [7, 11) is 0. The lowest BCUT2D eigenvalue weighted by Crippen LogP contribution is -2.48. The van der Waals surface area contributed by atoms with E-state index in [2.05, 4.69) is 11.6 Å². The summed E-state index contributed by atoms with van der Waals surface area (Å²) in [6.45, 7) is 2.39. The van der Waals surface area contributed by atoms with E-state index < -0.39 is 0 Å². The molecule has 0 saturated carbocycles. The van der Waals surface area contributed by atoms with Crippen molar-refractivity contribution in [3.8, 4) is 0 Å². The van der Waals surface area contributed by atoms with Gasteiger partial charge >= 0.3 is 0 Å². The topological polar surface area (TPSA) is 32.3 Å². The molecule has 1 aliphatic rings. The largest absolute Gasteiger partial charge is 0.333 e. The Balaban J connectivity index is 0.00000220. The highest BCUT2D eigenvalue weighted by atomic mass is 35.5. The highest BCUT2D eigenvalue weighted by Crippen LogP contribution is 2.29. The van der Waals surface area contributed by atoms with Crippen LogP contribution >= 0.6 is 35.8 Å². The third kappa shape index (κ3) is 5.06. The monoisotopic (exact) mass is 348 g/mol. The number of piperazine rings is 1. The summed E-state index contributed by atoms with van der Waals surface area (Å²) in [5, 5.41) is 4.10. The fraction of sp³-hybridized carbons (Fsp3) is 0.533. The predicted octanol–water partition coefficient (Wildman–Crippen LogP) is 3.38. The Labute approximate surface area is 142 Å². The van der Waals surface area contributed by atoms with Gasteiger partial charge in [0.05, 0.1) is 6.04 Å². The molecule has 0 radical (unpaired) electrons. The molecule has 0 aromatic heterocycles. The minimum absolute atomic E-state index is 0. The number of nitrogens with zero attached hydrogens (tertiary/aromatic N) is 1. The second-order valence-electron chi connectivity index (χ2n) is 4.92. The number of carbonyl (C=O) groups is 1. The molecule has 6 heteroatoms. The quantitative estimate of drug-likeness (QED) is 0.827. The fourth-order valence-corrected chi connectivity index (χ4v) is 3.23. The molecule has 0 spiro atoms. The maximum Gasteiger partial charge on any atom is 0.223 e. The van der Waals surface area contributed by atoms with Crippen LogP contribution in [0.4, 0.5) is 0 Å². The molecule has 1 aliphatic heterocycles. The molecule has 1 aromatic carbocycles. The second-order valence-corrected chi connectivity index (χ2v) is 6.32. The van der Waals surface area contributed by atoms with Crippen molar-refractivity contribution in [1.82, 2.24) is 10.2 Å². The summed E-state index contributed by atoms with van der Waals surface area (Å²) in [6, 6.07) is 7.86. The third-order valence-corrected chi connectivity index (χ3v) is 4.61. The van der Waals surface area contributed by atoms with Gasteiger partial charge in [-0.1, -0.05) is 29.8 Å². The SMILES string of the molecule is CSCCCC(=O)N1CCNCC1c1ccccc1Cl.Cl. The average Bonchev–Trinajstić information content (AvgIpc) is 2.48. The van der Waals surface area contributed by atoms with Crippen molar-refractivity contribution in [2.45, 2.75) is 18.9 Å². The average molecular weight is 349 g/mol. The van der Waals surface area contributed by atoms with Crippen molar-refractivity contribution in [3.05, 3.63) is 34.9 Å². The zero-order valence-electron chi connectivity index (χ0n) is 12.2. The molecule has 1 heterocycles. The van der Waals surface area contributed by atoms with Gasteiger partial charge in [-0.05, 0) is 30.1 Å². The summed E-state index contributed by atoms with van der Waals surface area (Å²) in [5.41, 5.74) is 1.04. The third-order valence-electron chi connectivity index (χ3n) is 3.57. The first kappa shape index (κ1) is 18.6. The zero-order chi connectivity index (χ0) is 14.4. The molecule has 1 N–H and O–H groups in total. The Hall–Kier alpha value is -0.420. The summed E-state index contributed by atoms with van der Waals surface area (Å²) < 4.78 is 0. The molecule has 3 nitrogen and oxygen atoms in total. The van der Waals surface area contributed by atoms with Crippen molar-refractivity contribution >= 4 is 41.7 Å². The van der Waals surface area contributed by atoms with Gasteiger partial charge in [0.1, 0.15) is 0 Å². The lowest BCUT2D eigenvalue weighted by molar-refractivity contribution is -0.134. The number of hydrogen-bond acceptors (Lipinski definition) is 3. The van der Waals surface area contributed by atoms with E-state index in [0.717, 1.165) is 42.4 Å². The summed E-state index contributed by atoms with van der Waals surface area (Å²) in [5.74, 6) is 1.28. The number of halogens is 2. The Morgan fingerprint density at radius 1 is 1.48 bits per heavy atom. The first-order valence-electron chi connectivity index (χ1n) is 6.97. The van der Waals surface area contributed by atoms with Crippen LogP contribution in [0.25, 0.3) is 0 Å². The molecule has 1 amide bonds. The first-order valence-corrected chi connectivity index (χ1v) is 8.74. The van der Waals surface area contributed by atoms with E-state index in [9.17, 15) is 4.79 Å². The molecule has 21 heavy (non-hydrogen) atoms. The smallest absolute Gasteiger partial charge is 0.223 e. The van der Waals surface area contributed by atoms with Crippen molar-refractivity contribution < 1.29 is 4.79 Å². The van der Waals surface area contributed by atoms with E-state index in [4.69, 9.17) is 11.6 Å². The van der Waals surface area contributed by atoms with Gasteiger partial charge < -0.3 is 10.2 Å². The number of rotatable bonds is 5. The maximum atomic E-state index is 12.4. The Bertz CT molecular complexity index is 459. The van der Waals surface area contributed by atoms with E-state index in [1.807, 2.05) is 29.2 Å². The van der Waals surface area contributed by atoms with Crippen LogP contribution in [0.3, 0.4) is 0 Å². The van der Waals surface area contributed by atoms with Crippen molar-refractivity contribution in [2.24, 2.45) is 0 Å². The second kappa shape index (κ2) is 9.57. The molecule has 0 aliphatic carbocycles. The minimum atomic E-state index is 0. The number of hydrogen-bond donors (Lipinski definition) is 1. The van der Waals surface area contributed by atoms with Crippen LogP contribution < -0.4 is 5.32 Å². The molecule has 1 unspecified atom stereocenters. The van der Waals surface area contributed by atoms with Crippen LogP contribution in [0.2, 0.25) is 5.02 Å². The summed E-state index contributed by atoms with van der Waals surface area (Å²) >= 11 is 8.07. The zero-order valence-corrected chi connectivity index (χ0v) is 14.6. The molecule has 118 valence electrons. The lowest BCUT2D eigenvalue weighted by atomic mass is 10.0. The number of nitrogens with one attached hydrogen (secondary N) is 1. The van der Waals surface area contributed by atoms with Crippen LogP contribution in [-0.4, -0.2) is 42.4 Å². The Morgan fingerprint density at radius 2 is 2.24 bits per heavy atom. The molecular formula is C15H22Cl2N2OS. The van der Waals surface area contributed by atoms with Gasteiger partial charge in [0.15, 0.2) is 0 Å². The van der Waals surface area contributed by atoms with E-state index in [-0.39, 0.29) is 24.4 Å². The van der Waals surface area contributed by atoms with Gasteiger partial charge in [-0.3, -0.25) is 4.79 Å². The highest BCUT2D eigenvalue weighted by molar-refractivity contribution is 7.98. The van der Waals surface area contributed by atoms with Gasteiger partial charge in [0.25, 0.3) is 0 Å². The standard InChI is InChI=1S/C15H21ClN2OS.ClH/c1-20-10-4-7-15(19)18-9-8-17-11-14(18)12-5-2-3-6-13(12)16;/h2-3,5-6,14,17H,4,7-11H2,1H3;1H. The Morgan fingerprint density at radius 3 is 2.95 bits per heavy atom. The first-order chi connectivity index (χ1) is 9.74. The van der Waals surface area contributed by atoms with Crippen LogP contribution in [0.5, 0.6) is 0 Å². The minimum Gasteiger partial charge on any atom is -0.333 e. The van der Waals surface area contributed by atoms with Crippen LogP contribution in [0.15, 0.2) is 24.3 Å². The van der Waals surface area contributed by atoms with Crippen LogP contribution in [-0.2, 0) is 4.79 Å². The number of carbonyl (C=O) groups excluding carboxylic acids is 1. The van der Waals surface area contributed by atoms with Gasteiger partial charge in [-0.2, -0.15) is 11.8 Å². The molecular weight excluding hydrogens is 327 g/mol. The molecule has 1 saturated heterocycles. The molecule has 1 aromatic rings.